The van der Waals surface area contributed by atoms with Crippen LogP contribution in [0, 0.1) is 17.8 Å². The molecule has 0 radical (unpaired) electrons. The highest BCUT2D eigenvalue weighted by Crippen LogP contribution is 2.40. The van der Waals surface area contributed by atoms with Crippen LogP contribution in [-0.4, -0.2) is 36.2 Å². The van der Waals surface area contributed by atoms with E-state index in [1.165, 1.54) is 0 Å². The van der Waals surface area contributed by atoms with Crippen LogP contribution in [0.5, 0.6) is 0 Å². The molecule has 2 fully saturated rings. The lowest BCUT2D eigenvalue weighted by atomic mass is 9.67. The number of esters is 1. The van der Waals surface area contributed by atoms with Gasteiger partial charge in [-0.25, -0.2) is 0 Å². The van der Waals surface area contributed by atoms with Crippen LogP contribution < -0.4 is 0 Å². The van der Waals surface area contributed by atoms with Gasteiger partial charge in [-0.3, -0.25) is 14.4 Å². The quantitative estimate of drug-likeness (QED) is 0.683. The molecule has 0 heterocycles. The standard InChI is InChI=1S/C20H24BrNO4/c1-22(11-13-5-7-17(21)8-6-13)18(23)12-26-20(25)16-9-14-3-2-4-15(10-16)19(14)24/h5-8,14-16H,2-4,9-12H2,1H3. The first-order valence-electron chi connectivity index (χ1n) is 9.13. The molecule has 0 aliphatic heterocycles. The van der Waals surface area contributed by atoms with Gasteiger partial charge in [0.05, 0.1) is 5.92 Å². The molecule has 3 rings (SSSR count). The topological polar surface area (TPSA) is 63.7 Å². The highest BCUT2D eigenvalue weighted by Gasteiger charge is 2.41. The van der Waals surface area contributed by atoms with Crippen molar-refractivity contribution >= 4 is 33.6 Å². The number of ether oxygens (including phenoxy) is 1. The fraction of sp³-hybridized carbons (Fsp3) is 0.550. The first kappa shape index (κ1) is 19.1. The minimum atomic E-state index is -0.334. The summed E-state index contributed by atoms with van der Waals surface area (Å²) in [5, 5.41) is 0. The van der Waals surface area contributed by atoms with Gasteiger partial charge >= 0.3 is 5.97 Å². The van der Waals surface area contributed by atoms with Gasteiger partial charge < -0.3 is 9.64 Å². The predicted molar refractivity (Wildman–Crippen MR) is 100 cm³/mol. The zero-order chi connectivity index (χ0) is 18.7. The van der Waals surface area contributed by atoms with E-state index in [0.29, 0.717) is 25.2 Å². The molecule has 2 unspecified atom stereocenters. The van der Waals surface area contributed by atoms with Crippen LogP contribution in [0.25, 0.3) is 0 Å². The van der Waals surface area contributed by atoms with Crippen molar-refractivity contribution in [2.75, 3.05) is 13.7 Å². The van der Waals surface area contributed by atoms with E-state index < -0.39 is 0 Å². The Morgan fingerprint density at radius 1 is 1.15 bits per heavy atom. The molecule has 1 amide bonds. The number of hydrogen-bond donors (Lipinski definition) is 0. The second kappa shape index (κ2) is 8.33. The average Bonchev–Trinajstić information content (AvgIpc) is 2.61. The number of ketones is 1. The number of carbonyl (C=O) groups excluding carboxylic acids is 3. The molecule has 0 aromatic heterocycles. The molecule has 2 saturated carbocycles. The maximum Gasteiger partial charge on any atom is 0.309 e. The molecular formula is C20H24BrNO4. The maximum atomic E-state index is 12.3. The number of hydrogen-bond acceptors (Lipinski definition) is 4. The summed E-state index contributed by atoms with van der Waals surface area (Å²) in [4.78, 5) is 38.2. The Kier molecular flexibility index (Phi) is 6.12. The van der Waals surface area contributed by atoms with Crippen LogP contribution >= 0.6 is 15.9 Å². The molecule has 0 spiro atoms. The highest BCUT2D eigenvalue weighted by molar-refractivity contribution is 9.10. The second-order valence-electron chi connectivity index (χ2n) is 7.38. The van der Waals surface area contributed by atoms with Crippen molar-refractivity contribution < 1.29 is 19.1 Å². The molecular weight excluding hydrogens is 398 g/mol. The molecule has 2 bridgehead atoms. The van der Waals surface area contributed by atoms with E-state index in [0.717, 1.165) is 29.3 Å². The lowest BCUT2D eigenvalue weighted by molar-refractivity contribution is -0.158. The smallest absolute Gasteiger partial charge is 0.309 e. The van der Waals surface area contributed by atoms with Gasteiger partial charge in [-0.1, -0.05) is 34.5 Å². The van der Waals surface area contributed by atoms with Crippen LogP contribution in [0.15, 0.2) is 28.7 Å². The SMILES string of the molecule is CN(Cc1ccc(Br)cc1)C(=O)COC(=O)C1CC2CCCC(C1)C2=O. The van der Waals surface area contributed by atoms with Crippen molar-refractivity contribution in [2.45, 2.75) is 38.6 Å². The van der Waals surface area contributed by atoms with Gasteiger partial charge in [-0.15, -0.1) is 0 Å². The Bertz CT molecular complexity index is 672. The van der Waals surface area contributed by atoms with Crippen LogP contribution in [0.1, 0.15) is 37.7 Å². The third-order valence-corrected chi connectivity index (χ3v) is 6.01. The fourth-order valence-corrected chi connectivity index (χ4v) is 4.25. The van der Waals surface area contributed by atoms with E-state index >= 15 is 0 Å². The predicted octanol–water partition coefficient (Wildman–Crippen LogP) is 3.35. The number of fused-ring (bicyclic) bond motifs is 2. The van der Waals surface area contributed by atoms with Crippen molar-refractivity contribution in [3.63, 3.8) is 0 Å². The van der Waals surface area contributed by atoms with E-state index in [2.05, 4.69) is 15.9 Å². The summed E-state index contributed by atoms with van der Waals surface area (Å²) in [7, 11) is 1.70. The van der Waals surface area contributed by atoms with Crippen molar-refractivity contribution in [3.8, 4) is 0 Å². The number of rotatable bonds is 5. The molecule has 0 saturated heterocycles. The van der Waals surface area contributed by atoms with Crippen LogP contribution in [0.3, 0.4) is 0 Å². The summed E-state index contributed by atoms with van der Waals surface area (Å²) in [5.41, 5.74) is 1.01. The average molecular weight is 422 g/mol. The van der Waals surface area contributed by atoms with Gasteiger partial charge in [0, 0.05) is 29.9 Å². The first-order chi connectivity index (χ1) is 12.4. The Labute approximate surface area is 162 Å². The van der Waals surface area contributed by atoms with Gasteiger partial charge in [0.15, 0.2) is 6.61 Å². The Balaban J connectivity index is 1.47. The molecule has 2 atom stereocenters. The van der Waals surface area contributed by atoms with Gasteiger partial charge in [-0.05, 0) is 43.4 Å². The largest absolute Gasteiger partial charge is 0.455 e. The summed E-state index contributed by atoms with van der Waals surface area (Å²) in [6.07, 6.45) is 4.00. The minimum Gasteiger partial charge on any atom is -0.455 e. The molecule has 2 aliphatic rings. The summed E-state index contributed by atoms with van der Waals surface area (Å²) in [6, 6.07) is 7.74. The molecule has 26 heavy (non-hydrogen) atoms. The monoisotopic (exact) mass is 421 g/mol. The van der Waals surface area contributed by atoms with Crippen LogP contribution in [0.4, 0.5) is 0 Å². The third kappa shape index (κ3) is 4.53. The fourth-order valence-electron chi connectivity index (χ4n) is 3.98. The van der Waals surface area contributed by atoms with E-state index in [-0.39, 0.29) is 36.2 Å². The number of nitrogens with zero attached hydrogens (tertiary/aromatic N) is 1. The molecule has 1 aromatic rings. The van der Waals surface area contributed by atoms with Gasteiger partial charge in [-0.2, -0.15) is 0 Å². The molecule has 0 N–H and O–H groups in total. The zero-order valence-corrected chi connectivity index (χ0v) is 16.5. The number of carbonyl (C=O) groups is 3. The van der Waals surface area contributed by atoms with E-state index in [1.807, 2.05) is 24.3 Å². The first-order valence-corrected chi connectivity index (χ1v) is 9.92. The van der Waals surface area contributed by atoms with Crippen LogP contribution in [-0.2, 0) is 25.7 Å². The third-order valence-electron chi connectivity index (χ3n) is 5.48. The minimum absolute atomic E-state index is 0.0100. The van der Waals surface area contributed by atoms with Gasteiger partial charge in [0.1, 0.15) is 5.78 Å². The number of amides is 1. The maximum absolute atomic E-state index is 12.3. The number of halogens is 1. The van der Waals surface area contributed by atoms with E-state index in [1.54, 1.807) is 11.9 Å². The van der Waals surface area contributed by atoms with E-state index in [4.69, 9.17) is 4.74 Å². The van der Waals surface area contributed by atoms with Crippen molar-refractivity contribution in [1.29, 1.82) is 0 Å². The second-order valence-corrected chi connectivity index (χ2v) is 8.30. The highest BCUT2D eigenvalue weighted by atomic mass is 79.9. The zero-order valence-electron chi connectivity index (χ0n) is 14.9. The van der Waals surface area contributed by atoms with Crippen molar-refractivity contribution in [1.82, 2.24) is 4.90 Å². The molecule has 2 aliphatic carbocycles. The summed E-state index contributed by atoms with van der Waals surface area (Å²) in [6.45, 7) is 0.220. The lowest BCUT2D eigenvalue weighted by Gasteiger charge is -2.36. The summed E-state index contributed by atoms with van der Waals surface area (Å²) < 4.78 is 6.26. The summed E-state index contributed by atoms with van der Waals surface area (Å²) in [5.74, 6) is -0.460. The summed E-state index contributed by atoms with van der Waals surface area (Å²) >= 11 is 3.38. The number of Topliss-reactive ketones (excluding diaryl/α,β-unsaturated/α-hetero) is 1. The van der Waals surface area contributed by atoms with Gasteiger partial charge in [0.2, 0.25) is 0 Å². The Hall–Kier alpha value is -1.69. The van der Waals surface area contributed by atoms with Crippen molar-refractivity contribution in [2.24, 2.45) is 17.8 Å². The van der Waals surface area contributed by atoms with E-state index in [9.17, 15) is 14.4 Å². The number of likely N-dealkylation sites (N-methyl/N-ethyl adjacent to an activating group) is 1. The Morgan fingerprint density at radius 2 is 1.77 bits per heavy atom. The number of benzene rings is 1. The van der Waals surface area contributed by atoms with Gasteiger partial charge in [0.25, 0.3) is 5.91 Å². The molecule has 1 aromatic carbocycles. The molecule has 6 heteroatoms. The molecule has 140 valence electrons. The van der Waals surface area contributed by atoms with Crippen LogP contribution in [0.2, 0.25) is 0 Å². The van der Waals surface area contributed by atoms with Crippen molar-refractivity contribution in [3.05, 3.63) is 34.3 Å². The molecule has 5 nitrogen and oxygen atoms in total. The normalized spacial score (nSPS) is 24.8. The lowest BCUT2D eigenvalue weighted by Crippen LogP contribution is -2.40. The Morgan fingerprint density at radius 3 is 2.38 bits per heavy atom.